The molecule has 0 spiro atoms. The summed E-state index contributed by atoms with van der Waals surface area (Å²) in [5.74, 6) is 0.589. The van der Waals surface area contributed by atoms with E-state index >= 15 is 0 Å². The van der Waals surface area contributed by atoms with E-state index in [-0.39, 0.29) is 0 Å². The Bertz CT molecular complexity index is 383. The highest BCUT2D eigenvalue weighted by Crippen LogP contribution is 2.13. The largest absolute Gasteiger partial charge is 0.379 e. The number of aromatic nitrogens is 2. The summed E-state index contributed by atoms with van der Waals surface area (Å²) in [6.45, 7) is 16.2. The molecular formula is C15H29N3O. The highest BCUT2D eigenvalue weighted by Gasteiger charge is 2.11. The summed E-state index contributed by atoms with van der Waals surface area (Å²) >= 11 is 0. The zero-order chi connectivity index (χ0) is 14.4. The molecule has 0 aliphatic carbocycles. The van der Waals surface area contributed by atoms with Gasteiger partial charge in [-0.2, -0.15) is 5.10 Å². The van der Waals surface area contributed by atoms with Gasteiger partial charge < -0.3 is 10.1 Å². The van der Waals surface area contributed by atoms with E-state index in [1.165, 1.54) is 11.3 Å². The topological polar surface area (TPSA) is 39.1 Å². The summed E-state index contributed by atoms with van der Waals surface area (Å²) in [5.41, 5.74) is 3.69. The second-order valence-corrected chi connectivity index (χ2v) is 5.88. The maximum absolute atomic E-state index is 5.62. The molecule has 1 aromatic rings. The molecule has 0 bridgehead atoms. The molecule has 0 saturated heterocycles. The minimum atomic E-state index is 0.497. The van der Waals surface area contributed by atoms with Crippen LogP contribution in [0.25, 0.3) is 0 Å². The minimum Gasteiger partial charge on any atom is -0.379 e. The smallest absolute Gasteiger partial charge is 0.0662 e. The van der Waals surface area contributed by atoms with E-state index in [0.29, 0.717) is 12.0 Å². The van der Waals surface area contributed by atoms with Crippen molar-refractivity contribution in [1.29, 1.82) is 0 Å². The third-order valence-corrected chi connectivity index (χ3v) is 3.12. The van der Waals surface area contributed by atoms with Gasteiger partial charge in [0.15, 0.2) is 0 Å². The van der Waals surface area contributed by atoms with Crippen LogP contribution in [-0.4, -0.2) is 29.0 Å². The first-order chi connectivity index (χ1) is 8.91. The quantitative estimate of drug-likeness (QED) is 0.736. The Kier molecular flexibility index (Phi) is 6.52. The molecule has 0 unspecified atom stereocenters. The molecule has 0 aliphatic rings. The molecule has 0 atom stereocenters. The van der Waals surface area contributed by atoms with Crippen LogP contribution in [0.15, 0.2) is 0 Å². The van der Waals surface area contributed by atoms with Crippen LogP contribution in [0.5, 0.6) is 0 Å². The van der Waals surface area contributed by atoms with Crippen LogP contribution in [0.2, 0.25) is 0 Å². The van der Waals surface area contributed by atoms with Crippen molar-refractivity contribution in [3.8, 4) is 0 Å². The monoisotopic (exact) mass is 267 g/mol. The van der Waals surface area contributed by atoms with Crippen molar-refractivity contribution in [3.05, 3.63) is 17.0 Å². The highest BCUT2D eigenvalue weighted by atomic mass is 16.5. The van der Waals surface area contributed by atoms with Crippen molar-refractivity contribution < 1.29 is 4.74 Å². The fourth-order valence-corrected chi connectivity index (χ4v) is 1.98. The average molecular weight is 267 g/mol. The predicted octanol–water partition coefficient (Wildman–Crippen LogP) is 2.67. The maximum Gasteiger partial charge on any atom is 0.0662 e. The van der Waals surface area contributed by atoms with Crippen LogP contribution in [0, 0.1) is 19.8 Å². The fraction of sp³-hybridized carbons (Fsp3) is 0.800. The van der Waals surface area contributed by atoms with Gasteiger partial charge in [0.05, 0.1) is 18.8 Å². The molecule has 0 fully saturated rings. The number of nitrogens with zero attached hydrogens (tertiary/aromatic N) is 2. The van der Waals surface area contributed by atoms with E-state index in [4.69, 9.17) is 4.74 Å². The SMILES string of the molecule is Cc1nn(CCOCC(C)C)c(C)c1CNC(C)C. The zero-order valence-electron chi connectivity index (χ0n) is 13.3. The number of hydrogen-bond acceptors (Lipinski definition) is 3. The van der Waals surface area contributed by atoms with Crippen molar-refractivity contribution in [3.63, 3.8) is 0 Å². The van der Waals surface area contributed by atoms with Crippen LogP contribution in [0.3, 0.4) is 0 Å². The summed E-state index contributed by atoms with van der Waals surface area (Å²) in [6.07, 6.45) is 0. The van der Waals surface area contributed by atoms with Crippen molar-refractivity contribution in [2.75, 3.05) is 13.2 Å². The van der Waals surface area contributed by atoms with Crippen molar-refractivity contribution >= 4 is 0 Å². The highest BCUT2D eigenvalue weighted by molar-refractivity contribution is 5.24. The van der Waals surface area contributed by atoms with Gasteiger partial charge in [-0.3, -0.25) is 4.68 Å². The molecule has 1 heterocycles. The molecule has 0 radical (unpaired) electrons. The first-order valence-electron chi connectivity index (χ1n) is 7.25. The molecule has 19 heavy (non-hydrogen) atoms. The minimum absolute atomic E-state index is 0.497. The molecule has 1 rings (SSSR count). The Labute approximate surface area is 117 Å². The number of rotatable bonds is 8. The fourth-order valence-electron chi connectivity index (χ4n) is 1.98. The van der Waals surface area contributed by atoms with Crippen molar-refractivity contribution in [1.82, 2.24) is 15.1 Å². The molecule has 0 aromatic carbocycles. The Morgan fingerprint density at radius 2 is 1.89 bits per heavy atom. The molecule has 1 aromatic heterocycles. The van der Waals surface area contributed by atoms with Gasteiger partial charge in [0, 0.05) is 30.5 Å². The number of aryl methyl sites for hydroxylation is 1. The van der Waals surface area contributed by atoms with Gasteiger partial charge in [-0.25, -0.2) is 0 Å². The Morgan fingerprint density at radius 3 is 2.47 bits per heavy atom. The first kappa shape index (κ1) is 16.2. The lowest BCUT2D eigenvalue weighted by Gasteiger charge is -2.10. The Morgan fingerprint density at radius 1 is 1.21 bits per heavy atom. The first-order valence-corrected chi connectivity index (χ1v) is 7.25. The molecule has 4 nitrogen and oxygen atoms in total. The molecule has 0 saturated carbocycles. The van der Waals surface area contributed by atoms with E-state index in [2.05, 4.69) is 56.6 Å². The zero-order valence-corrected chi connectivity index (χ0v) is 13.3. The van der Waals surface area contributed by atoms with Gasteiger partial charge in [0.1, 0.15) is 0 Å². The standard InChI is InChI=1S/C15H29N3O/c1-11(2)10-19-8-7-18-14(6)15(13(5)17-18)9-16-12(3)4/h11-12,16H,7-10H2,1-6H3. The number of nitrogens with one attached hydrogen (secondary N) is 1. The van der Waals surface area contributed by atoms with E-state index in [0.717, 1.165) is 32.0 Å². The van der Waals surface area contributed by atoms with Gasteiger partial charge in [0.2, 0.25) is 0 Å². The van der Waals surface area contributed by atoms with Crippen LogP contribution < -0.4 is 5.32 Å². The van der Waals surface area contributed by atoms with Gasteiger partial charge in [-0.1, -0.05) is 27.7 Å². The van der Waals surface area contributed by atoms with Crippen LogP contribution in [0.1, 0.15) is 44.6 Å². The lowest BCUT2D eigenvalue weighted by atomic mass is 10.2. The summed E-state index contributed by atoms with van der Waals surface area (Å²) in [6, 6.07) is 0.497. The third-order valence-electron chi connectivity index (χ3n) is 3.12. The molecular weight excluding hydrogens is 238 g/mol. The lowest BCUT2D eigenvalue weighted by molar-refractivity contribution is 0.100. The summed E-state index contributed by atoms with van der Waals surface area (Å²) < 4.78 is 7.69. The van der Waals surface area contributed by atoms with Crippen molar-refractivity contribution in [2.45, 2.75) is 60.7 Å². The van der Waals surface area contributed by atoms with Gasteiger partial charge in [-0.15, -0.1) is 0 Å². The Hall–Kier alpha value is -0.870. The third kappa shape index (κ3) is 5.33. The van der Waals surface area contributed by atoms with Crippen LogP contribution in [-0.2, 0) is 17.8 Å². The molecule has 110 valence electrons. The summed E-state index contributed by atoms with van der Waals surface area (Å²) in [4.78, 5) is 0. The lowest BCUT2D eigenvalue weighted by Crippen LogP contribution is -2.22. The van der Waals surface area contributed by atoms with E-state index < -0.39 is 0 Å². The molecule has 0 amide bonds. The second-order valence-electron chi connectivity index (χ2n) is 5.88. The van der Waals surface area contributed by atoms with E-state index in [9.17, 15) is 0 Å². The summed E-state index contributed by atoms with van der Waals surface area (Å²) in [5, 5.41) is 8.06. The van der Waals surface area contributed by atoms with Gasteiger partial charge >= 0.3 is 0 Å². The second kappa shape index (κ2) is 7.65. The average Bonchev–Trinajstić information content (AvgIpc) is 2.57. The van der Waals surface area contributed by atoms with Gasteiger partial charge in [0.25, 0.3) is 0 Å². The van der Waals surface area contributed by atoms with Gasteiger partial charge in [-0.05, 0) is 19.8 Å². The predicted molar refractivity (Wildman–Crippen MR) is 79.3 cm³/mol. The molecule has 4 heteroatoms. The summed E-state index contributed by atoms with van der Waals surface area (Å²) in [7, 11) is 0. The van der Waals surface area contributed by atoms with Crippen LogP contribution >= 0.6 is 0 Å². The number of hydrogen-bond donors (Lipinski definition) is 1. The van der Waals surface area contributed by atoms with E-state index in [1.54, 1.807) is 0 Å². The Balaban J connectivity index is 2.53. The number of ether oxygens (including phenoxy) is 1. The van der Waals surface area contributed by atoms with Crippen molar-refractivity contribution in [2.24, 2.45) is 5.92 Å². The van der Waals surface area contributed by atoms with E-state index in [1.807, 2.05) is 0 Å². The molecule has 0 aliphatic heterocycles. The van der Waals surface area contributed by atoms with Crippen LogP contribution in [0.4, 0.5) is 0 Å². The maximum atomic E-state index is 5.62. The molecule has 1 N–H and O–H groups in total. The normalized spacial score (nSPS) is 11.8.